The van der Waals surface area contributed by atoms with Crippen LogP contribution in [0.3, 0.4) is 0 Å². The standard InChI is InChI=1S/C18H24N2O5/c1-11-15(18(23)24)8-14(25-11)10-19(2)16(21)13-4-3-7-20(9-13)17(22)12-5-6-12/h8,12-13H,3-7,9-10H2,1-2H3,(H,23,24). The topological polar surface area (TPSA) is 91.1 Å². The lowest BCUT2D eigenvalue weighted by Crippen LogP contribution is -2.46. The number of carboxylic acids is 1. The van der Waals surface area contributed by atoms with Crippen LogP contribution in [0.25, 0.3) is 0 Å². The van der Waals surface area contributed by atoms with Gasteiger partial charge < -0.3 is 19.3 Å². The van der Waals surface area contributed by atoms with E-state index in [0.717, 1.165) is 32.2 Å². The Kier molecular flexibility index (Phi) is 4.83. The summed E-state index contributed by atoms with van der Waals surface area (Å²) in [5.41, 5.74) is 0.120. The Hall–Kier alpha value is -2.31. The molecule has 7 nitrogen and oxygen atoms in total. The number of aromatic carboxylic acids is 1. The van der Waals surface area contributed by atoms with E-state index in [9.17, 15) is 14.4 Å². The molecule has 7 heteroatoms. The minimum atomic E-state index is -1.04. The molecule has 2 fully saturated rings. The third-order valence-corrected chi connectivity index (χ3v) is 4.98. The van der Waals surface area contributed by atoms with Crippen LogP contribution in [-0.2, 0) is 16.1 Å². The van der Waals surface area contributed by atoms with Crippen molar-refractivity contribution in [2.24, 2.45) is 11.8 Å². The third kappa shape index (κ3) is 3.86. The number of amides is 2. The average molecular weight is 348 g/mol. The summed E-state index contributed by atoms with van der Waals surface area (Å²) in [6.07, 6.45) is 3.55. The highest BCUT2D eigenvalue weighted by Crippen LogP contribution is 2.32. The van der Waals surface area contributed by atoms with Gasteiger partial charge in [-0.3, -0.25) is 9.59 Å². The fourth-order valence-electron chi connectivity index (χ4n) is 3.42. The summed E-state index contributed by atoms with van der Waals surface area (Å²) in [7, 11) is 1.68. The highest BCUT2D eigenvalue weighted by atomic mass is 16.4. The minimum Gasteiger partial charge on any atom is -0.478 e. The van der Waals surface area contributed by atoms with Crippen molar-refractivity contribution in [1.82, 2.24) is 9.80 Å². The first-order valence-corrected chi connectivity index (χ1v) is 8.73. The Labute approximate surface area is 146 Å². The molecule has 3 rings (SSSR count). The molecular weight excluding hydrogens is 324 g/mol. The molecule has 1 N–H and O–H groups in total. The number of hydrogen-bond acceptors (Lipinski definition) is 4. The second-order valence-electron chi connectivity index (χ2n) is 7.08. The molecule has 1 unspecified atom stereocenters. The number of rotatable bonds is 5. The highest BCUT2D eigenvalue weighted by Gasteiger charge is 2.37. The summed E-state index contributed by atoms with van der Waals surface area (Å²) in [5, 5.41) is 9.08. The van der Waals surface area contributed by atoms with Gasteiger partial charge in [0.15, 0.2) is 0 Å². The molecule has 25 heavy (non-hydrogen) atoms. The fraction of sp³-hybridized carbons (Fsp3) is 0.611. The molecule has 2 aliphatic rings. The summed E-state index contributed by atoms with van der Waals surface area (Å²) < 4.78 is 5.44. The molecule has 1 aliphatic carbocycles. The number of likely N-dealkylation sites (tertiary alicyclic amines) is 1. The molecule has 1 aliphatic heterocycles. The smallest absolute Gasteiger partial charge is 0.339 e. The first kappa shape index (κ1) is 17.5. The van der Waals surface area contributed by atoms with Crippen LogP contribution in [0.15, 0.2) is 10.5 Å². The first-order chi connectivity index (χ1) is 11.9. The molecular formula is C18H24N2O5. The molecule has 1 saturated heterocycles. The number of aryl methyl sites for hydroxylation is 1. The van der Waals surface area contributed by atoms with Gasteiger partial charge in [-0.2, -0.15) is 0 Å². The van der Waals surface area contributed by atoms with Crippen molar-refractivity contribution in [1.29, 1.82) is 0 Å². The van der Waals surface area contributed by atoms with Gasteiger partial charge in [0.1, 0.15) is 17.1 Å². The van der Waals surface area contributed by atoms with E-state index in [1.54, 1.807) is 18.9 Å². The molecule has 0 spiro atoms. The van der Waals surface area contributed by atoms with Crippen LogP contribution in [0.2, 0.25) is 0 Å². The van der Waals surface area contributed by atoms with E-state index >= 15 is 0 Å². The number of carbonyl (C=O) groups excluding carboxylic acids is 2. The quantitative estimate of drug-likeness (QED) is 0.877. The van der Waals surface area contributed by atoms with Gasteiger partial charge in [-0.1, -0.05) is 0 Å². The molecule has 0 bridgehead atoms. The van der Waals surface area contributed by atoms with Crippen molar-refractivity contribution >= 4 is 17.8 Å². The van der Waals surface area contributed by atoms with Crippen LogP contribution in [0.1, 0.15) is 47.6 Å². The van der Waals surface area contributed by atoms with Crippen molar-refractivity contribution in [2.75, 3.05) is 20.1 Å². The van der Waals surface area contributed by atoms with Crippen molar-refractivity contribution in [3.05, 3.63) is 23.2 Å². The van der Waals surface area contributed by atoms with Gasteiger partial charge in [-0.15, -0.1) is 0 Å². The van der Waals surface area contributed by atoms with E-state index in [1.807, 2.05) is 4.90 Å². The van der Waals surface area contributed by atoms with Crippen LogP contribution in [0.5, 0.6) is 0 Å². The lowest BCUT2D eigenvalue weighted by molar-refractivity contribution is -0.141. The van der Waals surface area contributed by atoms with Crippen LogP contribution in [-0.4, -0.2) is 52.8 Å². The van der Waals surface area contributed by atoms with E-state index in [1.165, 1.54) is 6.07 Å². The molecule has 0 radical (unpaired) electrons. The highest BCUT2D eigenvalue weighted by molar-refractivity contribution is 5.89. The molecule has 1 aromatic heterocycles. The monoisotopic (exact) mass is 348 g/mol. The van der Waals surface area contributed by atoms with Crippen LogP contribution < -0.4 is 0 Å². The Bertz CT molecular complexity index is 692. The number of hydrogen-bond donors (Lipinski definition) is 1. The summed E-state index contributed by atoms with van der Waals surface area (Å²) in [6.45, 7) is 3.04. The second-order valence-corrected chi connectivity index (χ2v) is 7.08. The van der Waals surface area contributed by atoms with Gasteiger partial charge in [0.05, 0.1) is 12.5 Å². The van der Waals surface area contributed by atoms with E-state index < -0.39 is 5.97 Å². The molecule has 2 heterocycles. The van der Waals surface area contributed by atoms with Crippen molar-refractivity contribution in [3.63, 3.8) is 0 Å². The van der Waals surface area contributed by atoms with Crippen molar-refractivity contribution in [2.45, 2.75) is 39.2 Å². The SMILES string of the molecule is Cc1oc(CN(C)C(=O)C2CCCN(C(=O)C3CC3)C2)cc1C(=O)O. The maximum absolute atomic E-state index is 12.7. The molecule has 136 valence electrons. The zero-order valence-electron chi connectivity index (χ0n) is 14.7. The predicted octanol–water partition coefficient (Wildman–Crippen LogP) is 1.89. The first-order valence-electron chi connectivity index (χ1n) is 8.73. The van der Waals surface area contributed by atoms with Crippen LogP contribution in [0, 0.1) is 18.8 Å². The zero-order valence-corrected chi connectivity index (χ0v) is 14.7. The third-order valence-electron chi connectivity index (χ3n) is 4.98. The second kappa shape index (κ2) is 6.90. The molecule has 2 amide bonds. The van der Waals surface area contributed by atoms with E-state index in [4.69, 9.17) is 9.52 Å². The lowest BCUT2D eigenvalue weighted by Gasteiger charge is -2.34. The Morgan fingerprint density at radius 3 is 2.60 bits per heavy atom. The number of piperidine rings is 1. The Morgan fingerprint density at radius 1 is 1.28 bits per heavy atom. The van der Waals surface area contributed by atoms with Crippen LogP contribution >= 0.6 is 0 Å². The normalized spacial score (nSPS) is 20.4. The zero-order chi connectivity index (χ0) is 18.1. The lowest BCUT2D eigenvalue weighted by atomic mass is 9.96. The number of carbonyl (C=O) groups is 3. The Morgan fingerprint density at radius 2 is 2.00 bits per heavy atom. The predicted molar refractivity (Wildman–Crippen MR) is 88.9 cm³/mol. The van der Waals surface area contributed by atoms with E-state index in [0.29, 0.717) is 18.1 Å². The van der Waals surface area contributed by atoms with E-state index in [-0.39, 0.29) is 35.8 Å². The van der Waals surface area contributed by atoms with Gasteiger partial charge in [0.25, 0.3) is 0 Å². The van der Waals surface area contributed by atoms with Gasteiger partial charge in [0, 0.05) is 26.1 Å². The van der Waals surface area contributed by atoms with E-state index in [2.05, 4.69) is 0 Å². The fourth-order valence-corrected chi connectivity index (χ4v) is 3.42. The summed E-state index contributed by atoms with van der Waals surface area (Å²) in [6, 6.07) is 1.46. The van der Waals surface area contributed by atoms with Gasteiger partial charge in [0.2, 0.25) is 11.8 Å². The number of furan rings is 1. The largest absolute Gasteiger partial charge is 0.478 e. The van der Waals surface area contributed by atoms with Crippen molar-refractivity contribution in [3.8, 4) is 0 Å². The molecule has 1 saturated carbocycles. The summed E-state index contributed by atoms with van der Waals surface area (Å²) in [4.78, 5) is 39.4. The average Bonchev–Trinajstić information content (AvgIpc) is 3.37. The Balaban J connectivity index is 1.60. The summed E-state index contributed by atoms with van der Waals surface area (Å²) >= 11 is 0. The molecule has 1 atom stereocenters. The van der Waals surface area contributed by atoms with Crippen LogP contribution in [0.4, 0.5) is 0 Å². The van der Waals surface area contributed by atoms with Gasteiger partial charge in [-0.05, 0) is 38.7 Å². The molecule has 1 aromatic rings. The molecule has 0 aromatic carbocycles. The number of nitrogens with zero attached hydrogens (tertiary/aromatic N) is 2. The van der Waals surface area contributed by atoms with Crippen molar-refractivity contribution < 1.29 is 23.9 Å². The minimum absolute atomic E-state index is 0.0285. The number of carboxylic acid groups (broad SMARTS) is 1. The maximum Gasteiger partial charge on any atom is 0.339 e. The van der Waals surface area contributed by atoms with Gasteiger partial charge in [-0.25, -0.2) is 4.79 Å². The van der Waals surface area contributed by atoms with Gasteiger partial charge >= 0.3 is 5.97 Å². The summed E-state index contributed by atoms with van der Waals surface area (Å²) in [5.74, 6) is -0.117. The maximum atomic E-state index is 12.7.